The van der Waals surface area contributed by atoms with Crippen molar-refractivity contribution < 1.29 is 33.3 Å². The molecule has 1 rings (SSSR count). The largest absolute Gasteiger partial charge is 0.489 e. The first-order chi connectivity index (χ1) is 8.69. The van der Waals surface area contributed by atoms with Crippen LogP contribution in [0.1, 0.15) is 6.92 Å². The summed E-state index contributed by atoms with van der Waals surface area (Å²) in [5.41, 5.74) is 0. The molecule has 102 valence electrons. The average molecular weight is 260 g/mol. The number of carbonyl (C=O) groups excluding carboxylic acids is 2. The van der Waals surface area contributed by atoms with Crippen LogP contribution in [-0.2, 0) is 33.3 Å². The minimum atomic E-state index is -0.834. The molecule has 1 fully saturated rings. The molecule has 0 radical (unpaired) electrons. The van der Waals surface area contributed by atoms with E-state index in [0.717, 1.165) is 0 Å². The summed E-state index contributed by atoms with van der Waals surface area (Å²) in [4.78, 5) is 21.0. The number of ether oxygens (including phenoxy) is 5. The van der Waals surface area contributed by atoms with Gasteiger partial charge in [-0.05, 0) is 6.92 Å². The number of carbonyl (C=O) groups is 2. The number of methoxy groups -OCH3 is 1. The SMILES string of the molecule is C=CO[C@@H]1[C@@H](OC)O[C@@H](C)[C@@H](OC=O)[C@H]1OC=O. The Morgan fingerprint density at radius 1 is 1.06 bits per heavy atom. The van der Waals surface area contributed by atoms with Crippen molar-refractivity contribution in [2.24, 2.45) is 0 Å². The van der Waals surface area contributed by atoms with Crippen LogP contribution >= 0.6 is 0 Å². The van der Waals surface area contributed by atoms with Gasteiger partial charge < -0.3 is 23.7 Å². The van der Waals surface area contributed by atoms with Gasteiger partial charge in [0.1, 0.15) is 0 Å². The molecule has 0 amide bonds. The van der Waals surface area contributed by atoms with Crippen LogP contribution in [0.5, 0.6) is 0 Å². The minimum absolute atomic E-state index is 0.260. The van der Waals surface area contributed by atoms with Crippen LogP contribution in [0, 0.1) is 0 Å². The molecule has 0 spiro atoms. The first kappa shape index (κ1) is 14.5. The van der Waals surface area contributed by atoms with E-state index in [0.29, 0.717) is 0 Å². The lowest BCUT2D eigenvalue weighted by Crippen LogP contribution is -2.59. The van der Waals surface area contributed by atoms with Gasteiger partial charge in [-0.1, -0.05) is 6.58 Å². The van der Waals surface area contributed by atoms with Crippen LogP contribution in [0.25, 0.3) is 0 Å². The van der Waals surface area contributed by atoms with Crippen molar-refractivity contribution in [2.75, 3.05) is 7.11 Å². The maximum absolute atomic E-state index is 10.5. The van der Waals surface area contributed by atoms with E-state index in [-0.39, 0.29) is 12.9 Å². The molecule has 7 heteroatoms. The highest BCUT2D eigenvalue weighted by Gasteiger charge is 2.48. The van der Waals surface area contributed by atoms with Crippen molar-refractivity contribution in [2.45, 2.75) is 37.6 Å². The highest BCUT2D eigenvalue weighted by molar-refractivity contribution is 5.40. The average Bonchev–Trinajstić information content (AvgIpc) is 2.36. The summed E-state index contributed by atoms with van der Waals surface area (Å²) < 4.78 is 25.6. The van der Waals surface area contributed by atoms with Crippen LogP contribution in [0.3, 0.4) is 0 Å². The van der Waals surface area contributed by atoms with E-state index in [1.54, 1.807) is 6.92 Å². The zero-order valence-corrected chi connectivity index (χ0v) is 10.2. The van der Waals surface area contributed by atoms with Gasteiger partial charge in [-0.2, -0.15) is 0 Å². The smallest absolute Gasteiger partial charge is 0.293 e. The maximum atomic E-state index is 10.5. The predicted octanol–water partition coefficient (Wildman–Crippen LogP) is -0.0105. The van der Waals surface area contributed by atoms with Crippen molar-refractivity contribution in [1.82, 2.24) is 0 Å². The molecule has 0 aromatic carbocycles. The Balaban J connectivity index is 2.94. The fourth-order valence-electron chi connectivity index (χ4n) is 1.89. The summed E-state index contributed by atoms with van der Waals surface area (Å²) in [7, 11) is 1.43. The molecule has 7 nitrogen and oxygen atoms in total. The highest BCUT2D eigenvalue weighted by Crippen LogP contribution is 2.27. The Morgan fingerprint density at radius 3 is 2.17 bits per heavy atom. The van der Waals surface area contributed by atoms with E-state index < -0.39 is 30.7 Å². The molecule has 5 atom stereocenters. The number of hydrogen-bond acceptors (Lipinski definition) is 7. The van der Waals surface area contributed by atoms with E-state index in [1.165, 1.54) is 13.4 Å². The first-order valence-electron chi connectivity index (χ1n) is 5.32. The quantitative estimate of drug-likeness (QED) is 0.470. The van der Waals surface area contributed by atoms with Gasteiger partial charge in [0.25, 0.3) is 12.9 Å². The van der Waals surface area contributed by atoms with Gasteiger partial charge in [0.05, 0.1) is 12.4 Å². The van der Waals surface area contributed by atoms with Gasteiger partial charge >= 0.3 is 0 Å². The summed E-state index contributed by atoms with van der Waals surface area (Å²) in [6.07, 6.45) is -2.46. The second kappa shape index (κ2) is 6.97. The molecule has 18 heavy (non-hydrogen) atoms. The third-order valence-electron chi connectivity index (χ3n) is 2.64. The molecule has 1 aliphatic heterocycles. The van der Waals surface area contributed by atoms with Crippen molar-refractivity contribution in [1.29, 1.82) is 0 Å². The molecular weight excluding hydrogens is 244 g/mol. The van der Waals surface area contributed by atoms with Gasteiger partial charge in [-0.25, -0.2) is 0 Å². The summed E-state index contributed by atoms with van der Waals surface area (Å²) >= 11 is 0. The van der Waals surface area contributed by atoms with Gasteiger partial charge in [0.15, 0.2) is 24.6 Å². The lowest BCUT2D eigenvalue weighted by atomic mass is 9.99. The predicted molar refractivity (Wildman–Crippen MR) is 58.3 cm³/mol. The molecule has 1 saturated heterocycles. The summed E-state index contributed by atoms with van der Waals surface area (Å²) in [6.45, 7) is 5.62. The molecular formula is C11H16O7. The van der Waals surface area contributed by atoms with Gasteiger partial charge in [-0.3, -0.25) is 9.59 Å². The van der Waals surface area contributed by atoms with E-state index in [4.69, 9.17) is 23.7 Å². The topological polar surface area (TPSA) is 80.3 Å². The van der Waals surface area contributed by atoms with E-state index in [1.807, 2.05) is 0 Å². The van der Waals surface area contributed by atoms with Gasteiger partial charge in [0.2, 0.25) is 0 Å². The fourth-order valence-corrected chi connectivity index (χ4v) is 1.89. The molecule has 0 N–H and O–H groups in total. The highest BCUT2D eigenvalue weighted by atomic mass is 16.7. The number of rotatable bonds is 7. The molecule has 0 unspecified atom stereocenters. The van der Waals surface area contributed by atoms with Crippen molar-refractivity contribution in [3.63, 3.8) is 0 Å². The molecule has 0 bridgehead atoms. The molecule has 0 aromatic rings. The lowest BCUT2D eigenvalue weighted by molar-refractivity contribution is -0.288. The van der Waals surface area contributed by atoms with Crippen LogP contribution in [0.2, 0.25) is 0 Å². The second-order valence-electron chi connectivity index (χ2n) is 3.61. The minimum Gasteiger partial charge on any atom is -0.489 e. The third kappa shape index (κ3) is 2.99. The Bertz CT molecular complexity index is 293. The van der Waals surface area contributed by atoms with Crippen molar-refractivity contribution >= 4 is 12.9 Å². The molecule has 1 heterocycles. The summed E-state index contributed by atoms with van der Waals surface area (Å²) in [5, 5.41) is 0. The first-order valence-corrected chi connectivity index (χ1v) is 5.32. The van der Waals surface area contributed by atoms with Crippen LogP contribution in [0.4, 0.5) is 0 Å². The maximum Gasteiger partial charge on any atom is 0.293 e. The third-order valence-corrected chi connectivity index (χ3v) is 2.64. The Morgan fingerprint density at radius 2 is 1.67 bits per heavy atom. The molecule has 0 saturated carbocycles. The Hall–Kier alpha value is -1.60. The second-order valence-corrected chi connectivity index (χ2v) is 3.61. The van der Waals surface area contributed by atoms with Crippen LogP contribution in [-0.4, -0.2) is 50.8 Å². The summed E-state index contributed by atoms with van der Waals surface area (Å²) in [6, 6.07) is 0. The van der Waals surface area contributed by atoms with Crippen LogP contribution in [0.15, 0.2) is 12.8 Å². The van der Waals surface area contributed by atoms with Gasteiger partial charge in [0, 0.05) is 7.11 Å². The van der Waals surface area contributed by atoms with E-state index in [2.05, 4.69) is 6.58 Å². The zero-order valence-electron chi connectivity index (χ0n) is 10.2. The monoisotopic (exact) mass is 260 g/mol. The van der Waals surface area contributed by atoms with Gasteiger partial charge in [-0.15, -0.1) is 0 Å². The molecule has 0 aromatic heterocycles. The normalized spacial score (nSPS) is 35.3. The van der Waals surface area contributed by atoms with E-state index >= 15 is 0 Å². The standard InChI is InChI=1S/C11H16O7/c1-4-15-10-9(17-6-13)8(16-5-12)7(2)18-11(10)14-3/h4-11H,1H2,2-3H3/t7-,8+,9+,10-,11-/m0/s1. The summed E-state index contributed by atoms with van der Waals surface area (Å²) in [5.74, 6) is 0. The van der Waals surface area contributed by atoms with Crippen LogP contribution < -0.4 is 0 Å². The molecule has 1 aliphatic rings. The van der Waals surface area contributed by atoms with E-state index in [9.17, 15) is 9.59 Å². The fraction of sp³-hybridized carbons (Fsp3) is 0.636. The molecule has 0 aliphatic carbocycles. The van der Waals surface area contributed by atoms with Crippen molar-refractivity contribution in [3.05, 3.63) is 12.8 Å². The van der Waals surface area contributed by atoms with Crippen molar-refractivity contribution in [3.8, 4) is 0 Å². The zero-order chi connectivity index (χ0) is 13.5. The number of hydrogen-bond donors (Lipinski definition) is 0. The Kier molecular flexibility index (Phi) is 5.60. The lowest BCUT2D eigenvalue weighted by Gasteiger charge is -2.42. The Labute approximate surface area is 105 Å².